The molecule has 0 saturated carbocycles. The van der Waals surface area contributed by atoms with E-state index in [1.165, 1.54) is 4.90 Å². The van der Waals surface area contributed by atoms with Crippen LogP contribution in [0.2, 0.25) is 0 Å². The molecule has 0 spiro atoms. The van der Waals surface area contributed by atoms with Crippen LogP contribution >= 0.6 is 0 Å². The van der Waals surface area contributed by atoms with Gasteiger partial charge in [0.05, 0.1) is 12.1 Å². The van der Waals surface area contributed by atoms with Crippen molar-refractivity contribution in [1.82, 2.24) is 4.90 Å². The molecule has 0 aromatic heterocycles. The molecule has 0 aliphatic heterocycles. The summed E-state index contributed by atoms with van der Waals surface area (Å²) in [4.78, 5) is 1.53. The lowest BCUT2D eigenvalue weighted by Crippen LogP contribution is -2.40. The third-order valence-corrected chi connectivity index (χ3v) is 1.45. The van der Waals surface area contributed by atoms with Crippen LogP contribution < -0.4 is 0 Å². The molecule has 12 heavy (non-hydrogen) atoms. The Hall–Kier alpha value is -0.220. The standard InChI is InChI=1S/C8H17F2NO/c1-4-11(5-7(9)10)6-8(2,3)12/h7,12H,4-6H2,1-3H3. The first-order chi connectivity index (χ1) is 5.35. The van der Waals surface area contributed by atoms with E-state index in [9.17, 15) is 13.9 Å². The molecule has 0 amide bonds. The number of aliphatic hydroxyl groups is 1. The summed E-state index contributed by atoms with van der Waals surface area (Å²) in [6, 6.07) is 0. The van der Waals surface area contributed by atoms with Gasteiger partial charge in [-0.2, -0.15) is 0 Å². The Kier molecular flexibility index (Phi) is 4.63. The van der Waals surface area contributed by atoms with Crippen LogP contribution in [-0.2, 0) is 0 Å². The zero-order valence-electron chi connectivity index (χ0n) is 7.85. The van der Waals surface area contributed by atoms with Crippen molar-refractivity contribution in [2.75, 3.05) is 19.6 Å². The van der Waals surface area contributed by atoms with Gasteiger partial charge in [0.2, 0.25) is 0 Å². The zero-order chi connectivity index (χ0) is 9.78. The van der Waals surface area contributed by atoms with Gasteiger partial charge in [-0.05, 0) is 20.4 Å². The topological polar surface area (TPSA) is 23.5 Å². The van der Waals surface area contributed by atoms with Gasteiger partial charge in [-0.1, -0.05) is 6.92 Å². The minimum absolute atomic E-state index is 0.263. The monoisotopic (exact) mass is 181 g/mol. The highest BCUT2D eigenvalue weighted by atomic mass is 19.3. The van der Waals surface area contributed by atoms with Crippen LogP contribution in [0.25, 0.3) is 0 Å². The molecule has 0 aliphatic rings. The Morgan fingerprint density at radius 2 is 1.92 bits per heavy atom. The minimum atomic E-state index is -2.33. The highest BCUT2D eigenvalue weighted by molar-refractivity contribution is 4.71. The maximum atomic E-state index is 11.9. The predicted octanol–water partition coefficient (Wildman–Crippen LogP) is 1.34. The van der Waals surface area contributed by atoms with Crippen LogP contribution in [0.3, 0.4) is 0 Å². The Labute approximate surface area is 72.2 Å². The van der Waals surface area contributed by atoms with Gasteiger partial charge >= 0.3 is 0 Å². The fourth-order valence-corrected chi connectivity index (χ4v) is 1.05. The summed E-state index contributed by atoms with van der Waals surface area (Å²) in [7, 11) is 0. The fraction of sp³-hybridized carbons (Fsp3) is 1.00. The molecular weight excluding hydrogens is 164 g/mol. The van der Waals surface area contributed by atoms with Crippen molar-refractivity contribution >= 4 is 0 Å². The molecule has 0 heterocycles. The van der Waals surface area contributed by atoms with Crippen LogP contribution in [0, 0.1) is 0 Å². The Bertz CT molecular complexity index is 123. The van der Waals surface area contributed by atoms with E-state index < -0.39 is 12.0 Å². The molecule has 0 bridgehead atoms. The Morgan fingerprint density at radius 3 is 2.17 bits per heavy atom. The van der Waals surface area contributed by atoms with E-state index in [1.807, 2.05) is 0 Å². The van der Waals surface area contributed by atoms with Gasteiger partial charge in [-0.3, -0.25) is 4.90 Å². The van der Waals surface area contributed by atoms with Gasteiger partial charge in [0, 0.05) is 6.54 Å². The van der Waals surface area contributed by atoms with Crippen molar-refractivity contribution in [2.24, 2.45) is 0 Å². The van der Waals surface area contributed by atoms with Crippen LogP contribution in [0.5, 0.6) is 0 Å². The van der Waals surface area contributed by atoms with Gasteiger partial charge < -0.3 is 5.11 Å². The van der Waals surface area contributed by atoms with E-state index in [1.54, 1.807) is 20.8 Å². The second kappa shape index (κ2) is 4.72. The van der Waals surface area contributed by atoms with E-state index in [0.717, 1.165) is 0 Å². The smallest absolute Gasteiger partial charge is 0.251 e. The highest BCUT2D eigenvalue weighted by Gasteiger charge is 2.19. The lowest BCUT2D eigenvalue weighted by atomic mass is 10.1. The van der Waals surface area contributed by atoms with Gasteiger partial charge in [-0.15, -0.1) is 0 Å². The number of nitrogens with zero attached hydrogens (tertiary/aromatic N) is 1. The summed E-state index contributed by atoms with van der Waals surface area (Å²) in [6.45, 7) is 5.58. The molecule has 74 valence electrons. The number of likely N-dealkylation sites (N-methyl/N-ethyl adjacent to an activating group) is 1. The lowest BCUT2D eigenvalue weighted by molar-refractivity contribution is 0.0139. The first-order valence-electron chi connectivity index (χ1n) is 4.08. The van der Waals surface area contributed by atoms with E-state index >= 15 is 0 Å². The van der Waals surface area contributed by atoms with Gasteiger partial charge in [0.15, 0.2) is 0 Å². The third kappa shape index (κ3) is 6.49. The second-order valence-corrected chi connectivity index (χ2v) is 3.53. The number of rotatable bonds is 5. The Balaban J connectivity index is 3.83. The fourth-order valence-electron chi connectivity index (χ4n) is 1.05. The van der Waals surface area contributed by atoms with Crippen molar-refractivity contribution in [3.63, 3.8) is 0 Å². The Morgan fingerprint density at radius 1 is 1.42 bits per heavy atom. The maximum absolute atomic E-state index is 11.9. The van der Waals surface area contributed by atoms with Gasteiger partial charge in [-0.25, -0.2) is 8.78 Å². The molecule has 0 aliphatic carbocycles. The van der Waals surface area contributed by atoms with Crippen molar-refractivity contribution in [1.29, 1.82) is 0 Å². The molecule has 0 aromatic rings. The molecular formula is C8H17F2NO. The summed E-state index contributed by atoms with van der Waals surface area (Å²) >= 11 is 0. The molecule has 0 aromatic carbocycles. The molecule has 1 N–H and O–H groups in total. The van der Waals surface area contributed by atoms with E-state index in [-0.39, 0.29) is 13.1 Å². The molecule has 0 fully saturated rings. The summed E-state index contributed by atoms with van der Waals surface area (Å²) < 4.78 is 23.8. The minimum Gasteiger partial charge on any atom is -0.389 e. The van der Waals surface area contributed by atoms with Crippen LogP contribution in [-0.4, -0.2) is 41.7 Å². The van der Waals surface area contributed by atoms with Gasteiger partial charge in [0.25, 0.3) is 6.43 Å². The summed E-state index contributed by atoms with van der Waals surface area (Å²) in [5, 5.41) is 9.35. The molecule has 0 unspecified atom stereocenters. The van der Waals surface area contributed by atoms with Crippen LogP contribution in [0.15, 0.2) is 0 Å². The summed E-state index contributed by atoms with van der Waals surface area (Å²) in [5.74, 6) is 0. The summed E-state index contributed by atoms with van der Waals surface area (Å²) in [5.41, 5.74) is -0.898. The molecule has 0 radical (unpaired) electrons. The van der Waals surface area contributed by atoms with Crippen molar-refractivity contribution in [3.05, 3.63) is 0 Å². The number of halogens is 2. The van der Waals surface area contributed by atoms with E-state index in [2.05, 4.69) is 0 Å². The first kappa shape index (κ1) is 11.8. The van der Waals surface area contributed by atoms with Crippen molar-refractivity contribution < 1.29 is 13.9 Å². The van der Waals surface area contributed by atoms with Crippen LogP contribution in [0.4, 0.5) is 8.78 Å². The third-order valence-electron chi connectivity index (χ3n) is 1.45. The zero-order valence-corrected chi connectivity index (χ0v) is 7.85. The quantitative estimate of drug-likeness (QED) is 0.692. The first-order valence-corrected chi connectivity index (χ1v) is 4.08. The largest absolute Gasteiger partial charge is 0.389 e. The van der Waals surface area contributed by atoms with E-state index in [4.69, 9.17) is 0 Å². The van der Waals surface area contributed by atoms with Crippen molar-refractivity contribution in [2.45, 2.75) is 32.8 Å². The van der Waals surface area contributed by atoms with Crippen LogP contribution in [0.1, 0.15) is 20.8 Å². The lowest BCUT2D eigenvalue weighted by Gasteiger charge is -2.27. The highest BCUT2D eigenvalue weighted by Crippen LogP contribution is 2.06. The number of hydrogen-bond acceptors (Lipinski definition) is 2. The van der Waals surface area contributed by atoms with Crippen molar-refractivity contribution in [3.8, 4) is 0 Å². The normalized spacial score (nSPS) is 13.0. The molecule has 4 heteroatoms. The number of alkyl halides is 2. The number of hydrogen-bond donors (Lipinski definition) is 1. The summed E-state index contributed by atoms with van der Waals surface area (Å²) in [6.07, 6.45) is -2.33. The average molecular weight is 181 g/mol. The van der Waals surface area contributed by atoms with Gasteiger partial charge in [0.1, 0.15) is 0 Å². The average Bonchev–Trinajstić information content (AvgIpc) is 1.82. The molecule has 0 saturated heterocycles. The maximum Gasteiger partial charge on any atom is 0.251 e. The predicted molar refractivity (Wildman–Crippen MR) is 44.4 cm³/mol. The van der Waals surface area contributed by atoms with E-state index in [0.29, 0.717) is 6.54 Å². The molecule has 2 nitrogen and oxygen atoms in total. The molecule has 0 atom stereocenters. The SMILES string of the molecule is CCN(CC(F)F)CC(C)(C)O. The second-order valence-electron chi connectivity index (χ2n) is 3.53. The molecule has 0 rings (SSSR count).